The molecule has 1 aromatic heterocycles. The van der Waals surface area contributed by atoms with Crippen LogP contribution in [0.1, 0.15) is 18.4 Å². The highest BCUT2D eigenvalue weighted by Crippen LogP contribution is 2.23. The second-order valence-corrected chi connectivity index (χ2v) is 7.61. The molecule has 0 bridgehead atoms. The van der Waals surface area contributed by atoms with Gasteiger partial charge >= 0.3 is 0 Å². The van der Waals surface area contributed by atoms with Crippen LogP contribution in [-0.4, -0.2) is 18.6 Å². The minimum absolute atomic E-state index is 0.221. The van der Waals surface area contributed by atoms with Crippen molar-refractivity contribution in [3.8, 4) is 0 Å². The summed E-state index contributed by atoms with van der Waals surface area (Å²) >= 11 is 1.27. The molecule has 0 radical (unpaired) electrons. The van der Waals surface area contributed by atoms with Crippen molar-refractivity contribution in [2.75, 3.05) is 4.72 Å². The largest absolute Gasteiger partial charge is 0.263 e. The first-order valence-electron chi connectivity index (χ1n) is 6.92. The first kappa shape index (κ1) is 14.9. The van der Waals surface area contributed by atoms with Crippen LogP contribution < -0.4 is 4.72 Å². The normalized spacial score (nSPS) is 11.7. The van der Waals surface area contributed by atoms with Gasteiger partial charge in [0.2, 0.25) is 5.13 Å². The maximum absolute atomic E-state index is 12.4. The lowest BCUT2D eigenvalue weighted by Crippen LogP contribution is -2.12. The highest BCUT2D eigenvalue weighted by atomic mass is 32.2. The van der Waals surface area contributed by atoms with Crippen molar-refractivity contribution in [3.63, 3.8) is 0 Å². The molecule has 0 amide bonds. The number of anilines is 1. The van der Waals surface area contributed by atoms with Gasteiger partial charge in [0.15, 0.2) is 0 Å². The van der Waals surface area contributed by atoms with E-state index >= 15 is 0 Å². The number of hydrogen-bond donors (Lipinski definition) is 1. The molecule has 3 rings (SSSR count). The third kappa shape index (κ3) is 3.10. The Hall–Kier alpha value is -1.99. The number of rotatable bonds is 5. The van der Waals surface area contributed by atoms with Gasteiger partial charge in [0.05, 0.1) is 4.90 Å². The predicted molar refractivity (Wildman–Crippen MR) is 88.7 cm³/mol. The highest BCUT2D eigenvalue weighted by Gasteiger charge is 2.17. The van der Waals surface area contributed by atoms with Gasteiger partial charge in [-0.2, -0.15) is 0 Å². The Morgan fingerprint density at radius 1 is 1.09 bits per heavy atom. The fourth-order valence-electron chi connectivity index (χ4n) is 2.12. The maximum atomic E-state index is 12.4. The van der Waals surface area contributed by atoms with Crippen molar-refractivity contribution in [3.05, 3.63) is 47.5 Å². The van der Waals surface area contributed by atoms with Crippen LogP contribution in [0.3, 0.4) is 0 Å². The van der Waals surface area contributed by atoms with Crippen molar-refractivity contribution in [1.82, 2.24) is 10.2 Å². The summed E-state index contributed by atoms with van der Waals surface area (Å²) < 4.78 is 27.4. The van der Waals surface area contributed by atoms with Crippen LogP contribution in [0.5, 0.6) is 0 Å². The Morgan fingerprint density at radius 2 is 1.86 bits per heavy atom. The van der Waals surface area contributed by atoms with Gasteiger partial charge in [0.25, 0.3) is 10.0 Å². The van der Waals surface area contributed by atoms with Crippen molar-refractivity contribution in [1.29, 1.82) is 0 Å². The van der Waals surface area contributed by atoms with E-state index in [2.05, 4.69) is 14.9 Å². The fraction of sp³-hybridized carbons (Fsp3) is 0.200. The van der Waals surface area contributed by atoms with Crippen LogP contribution in [0.4, 0.5) is 5.13 Å². The van der Waals surface area contributed by atoms with E-state index in [9.17, 15) is 8.42 Å². The third-order valence-corrected chi connectivity index (χ3v) is 5.55. The molecule has 7 heteroatoms. The lowest BCUT2D eigenvalue weighted by atomic mass is 10.1. The van der Waals surface area contributed by atoms with E-state index in [4.69, 9.17) is 0 Å². The third-order valence-electron chi connectivity index (χ3n) is 3.18. The molecule has 0 atom stereocenters. The predicted octanol–water partition coefficient (Wildman–Crippen LogP) is 3.44. The Labute approximate surface area is 133 Å². The Bertz CT molecular complexity index is 904. The van der Waals surface area contributed by atoms with Gasteiger partial charge < -0.3 is 0 Å². The first-order chi connectivity index (χ1) is 10.6. The van der Waals surface area contributed by atoms with Gasteiger partial charge in [-0.1, -0.05) is 48.6 Å². The molecular weight excluding hydrogens is 318 g/mol. The minimum Gasteiger partial charge on any atom is -0.253 e. The second-order valence-electron chi connectivity index (χ2n) is 4.87. The first-order valence-corrected chi connectivity index (χ1v) is 9.22. The molecule has 0 aliphatic carbocycles. The molecule has 0 aliphatic rings. The molecule has 114 valence electrons. The summed E-state index contributed by atoms with van der Waals surface area (Å²) in [6, 6.07) is 12.7. The molecule has 1 N–H and O–H groups in total. The van der Waals surface area contributed by atoms with Crippen molar-refractivity contribution in [2.24, 2.45) is 0 Å². The van der Waals surface area contributed by atoms with Crippen LogP contribution in [0.25, 0.3) is 10.8 Å². The maximum Gasteiger partial charge on any atom is 0.263 e. The summed E-state index contributed by atoms with van der Waals surface area (Å²) in [6.45, 7) is 2.04. The summed E-state index contributed by atoms with van der Waals surface area (Å²) in [7, 11) is -3.65. The van der Waals surface area contributed by atoms with Crippen LogP contribution in [0.2, 0.25) is 0 Å². The van der Waals surface area contributed by atoms with Crippen molar-refractivity contribution < 1.29 is 8.42 Å². The molecular formula is C15H15N3O2S2. The molecule has 0 saturated heterocycles. The van der Waals surface area contributed by atoms with Crippen LogP contribution in [0.15, 0.2) is 47.4 Å². The summed E-state index contributed by atoms with van der Waals surface area (Å²) in [5, 5.41) is 10.9. The highest BCUT2D eigenvalue weighted by molar-refractivity contribution is 7.93. The Kier molecular flexibility index (Phi) is 4.08. The van der Waals surface area contributed by atoms with Crippen LogP contribution in [0, 0.1) is 0 Å². The summed E-state index contributed by atoms with van der Waals surface area (Å²) in [5.74, 6) is 0. The smallest absolute Gasteiger partial charge is 0.253 e. The van der Waals surface area contributed by atoms with Crippen molar-refractivity contribution in [2.45, 2.75) is 24.7 Å². The quantitative estimate of drug-likeness (QED) is 0.776. The lowest BCUT2D eigenvalue weighted by molar-refractivity contribution is 0.601. The molecule has 1 heterocycles. The van der Waals surface area contributed by atoms with E-state index in [1.165, 1.54) is 11.3 Å². The average molecular weight is 333 g/mol. The molecule has 0 aliphatic heterocycles. The van der Waals surface area contributed by atoms with E-state index < -0.39 is 10.0 Å². The SMILES string of the molecule is CCCc1nnc(NS(=O)(=O)c2ccc3ccccc3c2)s1. The van der Waals surface area contributed by atoms with E-state index in [-0.39, 0.29) is 4.90 Å². The van der Waals surface area contributed by atoms with Gasteiger partial charge in [0, 0.05) is 6.42 Å². The molecule has 5 nitrogen and oxygen atoms in total. The number of nitrogens with zero attached hydrogens (tertiary/aromatic N) is 2. The summed E-state index contributed by atoms with van der Waals surface area (Å²) in [4.78, 5) is 0.221. The number of nitrogens with one attached hydrogen (secondary N) is 1. The van der Waals surface area contributed by atoms with Crippen molar-refractivity contribution >= 4 is 37.3 Å². The van der Waals surface area contributed by atoms with E-state index in [1.54, 1.807) is 18.2 Å². The lowest BCUT2D eigenvalue weighted by Gasteiger charge is -2.06. The fourth-order valence-corrected chi connectivity index (χ4v) is 4.22. The zero-order valence-corrected chi connectivity index (χ0v) is 13.6. The number of benzene rings is 2. The second kappa shape index (κ2) is 6.02. The average Bonchev–Trinajstić information content (AvgIpc) is 2.93. The summed E-state index contributed by atoms with van der Waals surface area (Å²) in [5.41, 5.74) is 0. The molecule has 0 spiro atoms. The zero-order valence-electron chi connectivity index (χ0n) is 12.0. The van der Waals surface area contributed by atoms with E-state index in [0.717, 1.165) is 28.6 Å². The zero-order chi connectivity index (χ0) is 15.6. The topological polar surface area (TPSA) is 72.0 Å². The Balaban J connectivity index is 1.89. The van der Waals surface area contributed by atoms with Crippen LogP contribution >= 0.6 is 11.3 Å². The molecule has 22 heavy (non-hydrogen) atoms. The monoisotopic (exact) mass is 333 g/mol. The van der Waals surface area contributed by atoms with Gasteiger partial charge in [-0.05, 0) is 29.3 Å². The Morgan fingerprint density at radius 3 is 2.64 bits per heavy atom. The molecule has 3 aromatic rings. The van der Waals surface area contributed by atoms with Gasteiger partial charge in [-0.3, -0.25) is 4.72 Å². The number of sulfonamides is 1. The van der Waals surface area contributed by atoms with E-state index in [0.29, 0.717) is 5.13 Å². The number of fused-ring (bicyclic) bond motifs is 1. The molecule has 2 aromatic carbocycles. The molecule has 0 unspecified atom stereocenters. The number of hydrogen-bond acceptors (Lipinski definition) is 5. The van der Waals surface area contributed by atoms with Crippen LogP contribution in [-0.2, 0) is 16.4 Å². The van der Waals surface area contributed by atoms with Gasteiger partial charge in [-0.25, -0.2) is 8.42 Å². The molecule has 0 fully saturated rings. The molecule has 0 saturated carbocycles. The number of aryl methyl sites for hydroxylation is 1. The summed E-state index contributed by atoms with van der Waals surface area (Å²) in [6.07, 6.45) is 1.75. The van der Waals surface area contributed by atoms with E-state index in [1.807, 2.05) is 31.2 Å². The standard InChI is InChI=1S/C15H15N3O2S2/c1-2-5-14-16-17-15(21-14)18-22(19,20)13-9-8-11-6-3-4-7-12(11)10-13/h3-4,6-10H,2,5H2,1H3,(H,17,18). The van der Waals surface area contributed by atoms with Gasteiger partial charge in [0.1, 0.15) is 5.01 Å². The number of aromatic nitrogens is 2. The minimum atomic E-state index is -3.65. The van der Waals surface area contributed by atoms with Gasteiger partial charge in [-0.15, -0.1) is 10.2 Å².